The number of carbonyl (C=O) groups is 2. The van der Waals surface area contributed by atoms with Crippen molar-refractivity contribution in [2.75, 3.05) is 5.32 Å². The maximum Gasteiger partial charge on any atom is 0.255 e. The van der Waals surface area contributed by atoms with E-state index in [1.54, 1.807) is 48.5 Å². The van der Waals surface area contributed by atoms with Crippen LogP contribution < -0.4 is 5.32 Å². The Morgan fingerprint density at radius 2 is 1.56 bits per heavy atom. The number of nitrogens with one attached hydrogen (secondary N) is 1. The highest BCUT2D eigenvalue weighted by Crippen LogP contribution is 2.34. The molecular formula is C20H15NO4. The lowest BCUT2D eigenvalue weighted by Gasteiger charge is -2.09. The standard InChI is InChI=1S/C20H15NO4/c22-12-15-10-17(19(24)11-18(15)23)13-6-8-16(9-7-13)21-20(25)14-4-2-1-3-5-14/h1-12,23-24H,(H,21,25). The lowest BCUT2D eigenvalue weighted by molar-refractivity contribution is 0.102. The lowest BCUT2D eigenvalue weighted by atomic mass is 10.0. The lowest BCUT2D eigenvalue weighted by Crippen LogP contribution is -2.11. The van der Waals surface area contributed by atoms with E-state index in [9.17, 15) is 19.8 Å². The molecule has 1 amide bonds. The van der Waals surface area contributed by atoms with Crippen LogP contribution in [0.4, 0.5) is 5.69 Å². The van der Waals surface area contributed by atoms with Crippen LogP contribution in [0.15, 0.2) is 66.7 Å². The van der Waals surface area contributed by atoms with Crippen molar-refractivity contribution in [3.8, 4) is 22.6 Å². The van der Waals surface area contributed by atoms with Gasteiger partial charge in [0.2, 0.25) is 0 Å². The van der Waals surface area contributed by atoms with E-state index in [1.165, 1.54) is 6.07 Å². The first kappa shape index (κ1) is 16.3. The van der Waals surface area contributed by atoms with E-state index in [0.717, 1.165) is 6.07 Å². The van der Waals surface area contributed by atoms with Crippen molar-refractivity contribution in [1.82, 2.24) is 0 Å². The predicted octanol–water partition coefficient (Wildman–Crippen LogP) is 3.83. The maximum atomic E-state index is 12.1. The van der Waals surface area contributed by atoms with Crippen LogP contribution in [0.25, 0.3) is 11.1 Å². The summed E-state index contributed by atoms with van der Waals surface area (Å²) in [6, 6.07) is 18.2. The minimum Gasteiger partial charge on any atom is -0.507 e. The number of benzene rings is 3. The molecule has 3 N–H and O–H groups in total. The molecule has 0 unspecified atom stereocenters. The number of carbonyl (C=O) groups excluding carboxylic acids is 2. The molecule has 0 saturated heterocycles. The minimum atomic E-state index is -0.275. The predicted molar refractivity (Wildman–Crippen MR) is 95.0 cm³/mol. The van der Waals surface area contributed by atoms with E-state index in [0.29, 0.717) is 28.7 Å². The Bertz CT molecular complexity index is 918. The SMILES string of the molecule is O=Cc1cc(-c2ccc(NC(=O)c3ccccc3)cc2)c(O)cc1O. The van der Waals surface area contributed by atoms with Gasteiger partial charge in [-0.25, -0.2) is 0 Å². The van der Waals surface area contributed by atoms with Gasteiger partial charge in [-0.15, -0.1) is 0 Å². The highest BCUT2D eigenvalue weighted by Gasteiger charge is 2.11. The van der Waals surface area contributed by atoms with Gasteiger partial charge in [0.25, 0.3) is 5.91 Å². The summed E-state index contributed by atoms with van der Waals surface area (Å²) in [5, 5.41) is 22.3. The zero-order valence-corrected chi connectivity index (χ0v) is 13.1. The fourth-order valence-corrected chi connectivity index (χ4v) is 2.45. The second-order valence-electron chi connectivity index (χ2n) is 5.44. The summed E-state index contributed by atoms with van der Waals surface area (Å²) in [6.07, 6.45) is 0.521. The van der Waals surface area contributed by atoms with Gasteiger partial charge in [-0.05, 0) is 35.9 Å². The Morgan fingerprint density at radius 3 is 2.20 bits per heavy atom. The largest absolute Gasteiger partial charge is 0.507 e. The maximum absolute atomic E-state index is 12.1. The molecule has 3 rings (SSSR count). The summed E-state index contributed by atoms with van der Waals surface area (Å²) < 4.78 is 0. The molecule has 0 aliphatic carbocycles. The van der Waals surface area contributed by atoms with Crippen LogP contribution in [0.5, 0.6) is 11.5 Å². The molecule has 5 nitrogen and oxygen atoms in total. The number of hydrogen-bond donors (Lipinski definition) is 3. The van der Waals surface area contributed by atoms with Crippen LogP contribution in [0.3, 0.4) is 0 Å². The molecule has 0 aromatic heterocycles. The van der Waals surface area contributed by atoms with E-state index in [-0.39, 0.29) is 23.0 Å². The first-order chi connectivity index (χ1) is 12.1. The van der Waals surface area contributed by atoms with Crippen molar-refractivity contribution < 1.29 is 19.8 Å². The highest BCUT2D eigenvalue weighted by molar-refractivity contribution is 6.04. The molecule has 124 valence electrons. The third-order valence-corrected chi connectivity index (χ3v) is 3.76. The van der Waals surface area contributed by atoms with Crippen molar-refractivity contribution >= 4 is 17.9 Å². The third kappa shape index (κ3) is 3.50. The van der Waals surface area contributed by atoms with Gasteiger partial charge in [-0.3, -0.25) is 9.59 Å². The van der Waals surface area contributed by atoms with E-state index in [1.807, 2.05) is 6.07 Å². The number of rotatable bonds is 4. The summed E-state index contributed by atoms with van der Waals surface area (Å²) in [5.41, 5.74) is 2.32. The van der Waals surface area contributed by atoms with Crippen LogP contribution in [0, 0.1) is 0 Å². The molecule has 0 heterocycles. The Kier molecular flexibility index (Phi) is 4.48. The summed E-state index contributed by atoms with van der Waals surface area (Å²) in [7, 11) is 0. The van der Waals surface area contributed by atoms with Crippen molar-refractivity contribution in [2.45, 2.75) is 0 Å². The molecule has 25 heavy (non-hydrogen) atoms. The van der Waals surface area contributed by atoms with Gasteiger partial charge < -0.3 is 15.5 Å². The summed E-state index contributed by atoms with van der Waals surface area (Å²) >= 11 is 0. The molecule has 0 aliphatic rings. The van der Waals surface area contributed by atoms with Crippen molar-refractivity contribution in [2.24, 2.45) is 0 Å². The van der Waals surface area contributed by atoms with Gasteiger partial charge in [0.05, 0.1) is 5.56 Å². The van der Waals surface area contributed by atoms with Crippen LogP contribution in [0.1, 0.15) is 20.7 Å². The Hall–Kier alpha value is -3.60. The second-order valence-corrected chi connectivity index (χ2v) is 5.44. The van der Waals surface area contributed by atoms with Crippen LogP contribution in [-0.2, 0) is 0 Å². The van der Waals surface area contributed by atoms with E-state index < -0.39 is 0 Å². The fourth-order valence-electron chi connectivity index (χ4n) is 2.45. The Balaban J connectivity index is 1.83. The van der Waals surface area contributed by atoms with E-state index in [4.69, 9.17) is 0 Å². The van der Waals surface area contributed by atoms with E-state index >= 15 is 0 Å². The molecule has 3 aromatic rings. The van der Waals surface area contributed by atoms with Gasteiger partial charge >= 0.3 is 0 Å². The third-order valence-electron chi connectivity index (χ3n) is 3.76. The Morgan fingerprint density at radius 1 is 0.880 bits per heavy atom. The van der Waals surface area contributed by atoms with E-state index in [2.05, 4.69) is 5.32 Å². The smallest absolute Gasteiger partial charge is 0.255 e. The number of amides is 1. The number of hydrogen-bond acceptors (Lipinski definition) is 4. The summed E-state index contributed by atoms with van der Waals surface area (Å²) in [5.74, 6) is -0.628. The zero-order chi connectivity index (χ0) is 17.8. The van der Waals surface area contributed by atoms with Crippen molar-refractivity contribution in [1.29, 1.82) is 0 Å². The molecule has 3 aromatic carbocycles. The molecule has 0 fully saturated rings. The fraction of sp³-hybridized carbons (Fsp3) is 0. The molecular weight excluding hydrogens is 318 g/mol. The molecule has 0 aliphatic heterocycles. The van der Waals surface area contributed by atoms with Crippen LogP contribution >= 0.6 is 0 Å². The zero-order valence-electron chi connectivity index (χ0n) is 13.1. The summed E-state index contributed by atoms with van der Waals surface area (Å²) in [6.45, 7) is 0. The molecule has 0 saturated carbocycles. The van der Waals surface area contributed by atoms with Gasteiger partial charge in [-0.1, -0.05) is 30.3 Å². The Labute approximate surface area is 144 Å². The van der Waals surface area contributed by atoms with Crippen molar-refractivity contribution in [3.63, 3.8) is 0 Å². The first-order valence-corrected chi connectivity index (χ1v) is 7.56. The second kappa shape index (κ2) is 6.88. The molecule has 0 spiro atoms. The first-order valence-electron chi connectivity index (χ1n) is 7.56. The van der Waals surface area contributed by atoms with Gasteiger partial charge in [0, 0.05) is 22.9 Å². The van der Waals surface area contributed by atoms with Gasteiger partial charge in [0.1, 0.15) is 11.5 Å². The van der Waals surface area contributed by atoms with Crippen molar-refractivity contribution in [3.05, 3.63) is 77.9 Å². The topological polar surface area (TPSA) is 86.6 Å². The number of aromatic hydroxyl groups is 2. The van der Waals surface area contributed by atoms with Crippen LogP contribution in [0.2, 0.25) is 0 Å². The van der Waals surface area contributed by atoms with Gasteiger partial charge in [-0.2, -0.15) is 0 Å². The average molecular weight is 333 g/mol. The van der Waals surface area contributed by atoms with Gasteiger partial charge in [0.15, 0.2) is 6.29 Å². The number of phenols is 2. The molecule has 0 bridgehead atoms. The number of anilines is 1. The average Bonchev–Trinajstić information content (AvgIpc) is 2.63. The normalized spacial score (nSPS) is 10.2. The quantitative estimate of drug-likeness (QED) is 0.633. The highest BCUT2D eigenvalue weighted by atomic mass is 16.3. The monoisotopic (exact) mass is 333 g/mol. The number of aldehydes is 1. The van der Waals surface area contributed by atoms with Crippen LogP contribution in [-0.4, -0.2) is 22.4 Å². The summed E-state index contributed by atoms with van der Waals surface area (Å²) in [4.78, 5) is 23.1. The minimum absolute atomic E-state index is 0.0919. The molecule has 5 heteroatoms. The number of phenolic OH excluding ortho intramolecular Hbond substituents is 2. The molecule has 0 radical (unpaired) electrons. The molecule has 0 atom stereocenters.